The van der Waals surface area contributed by atoms with E-state index in [1.54, 1.807) is 19.3 Å². The number of fused-ring (bicyclic) bond motifs is 1. The minimum atomic E-state index is -0.816. The lowest BCUT2D eigenvalue weighted by molar-refractivity contribution is -0.0459. The van der Waals surface area contributed by atoms with Crippen molar-refractivity contribution in [3.8, 4) is 5.75 Å². The third-order valence-corrected chi connectivity index (χ3v) is 4.52. The monoisotopic (exact) mass is 386 g/mol. The van der Waals surface area contributed by atoms with E-state index in [4.69, 9.17) is 23.3 Å². The molecule has 1 fully saturated rings. The predicted molar refractivity (Wildman–Crippen MR) is 90.1 cm³/mol. The van der Waals surface area contributed by atoms with Gasteiger partial charge in [0.2, 0.25) is 9.03 Å². The van der Waals surface area contributed by atoms with Crippen LogP contribution in [0.4, 0.5) is 0 Å². The zero-order valence-corrected chi connectivity index (χ0v) is 14.9. The lowest BCUT2D eigenvalue weighted by Crippen LogP contribution is -2.33. The number of furan rings is 1. The van der Waals surface area contributed by atoms with Crippen molar-refractivity contribution in [1.29, 1.82) is 0 Å². The molecule has 2 aliphatic heterocycles. The highest BCUT2D eigenvalue weighted by molar-refractivity contribution is 7.26. The number of nitrogens with zero attached hydrogens (tertiary/aromatic N) is 1. The van der Waals surface area contributed by atoms with E-state index in [-0.39, 0.29) is 22.1 Å². The number of aromatic amines is 1. The van der Waals surface area contributed by atoms with Crippen LogP contribution in [0.5, 0.6) is 5.75 Å². The molecule has 142 valence electrons. The molecule has 4 rings (SSSR count). The Hall–Kier alpha value is -1.97. The summed E-state index contributed by atoms with van der Waals surface area (Å²) in [6.07, 6.45) is 1.02. The summed E-state index contributed by atoms with van der Waals surface area (Å²) in [4.78, 5) is 24.9. The molecular formula is C15H19N2O8P. The number of aryl methyl sites for hydroxylation is 1. The molecule has 3 N–H and O–H groups in total. The van der Waals surface area contributed by atoms with Crippen molar-refractivity contribution in [3.63, 3.8) is 0 Å². The highest BCUT2D eigenvalue weighted by Gasteiger charge is 2.34. The van der Waals surface area contributed by atoms with Crippen molar-refractivity contribution < 1.29 is 28.4 Å². The topological polar surface area (TPSA) is 136 Å². The zero-order valence-electron chi connectivity index (χ0n) is 13.9. The first-order valence-corrected chi connectivity index (χ1v) is 8.67. The molecule has 0 amide bonds. The number of hydrogen-bond acceptors (Lipinski definition) is 8. The third-order valence-electron chi connectivity index (χ3n) is 3.96. The van der Waals surface area contributed by atoms with Crippen molar-refractivity contribution >= 4 is 9.03 Å². The maximum Gasteiger partial charge on any atom is 0.330 e. The van der Waals surface area contributed by atoms with Crippen LogP contribution in [0, 0.1) is 6.92 Å². The molecular weight excluding hydrogens is 367 g/mol. The van der Waals surface area contributed by atoms with Gasteiger partial charge in [-0.15, -0.1) is 0 Å². The fourth-order valence-corrected chi connectivity index (χ4v) is 3.07. The minimum absolute atomic E-state index is 0.126. The van der Waals surface area contributed by atoms with Crippen LogP contribution in [0.25, 0.3) is 0 Å². The average Bonchev–Trinajstić information content (AvgIpc) is 3.24. The van der Waals surface area contributed by atoms with Crippen LogP contribution < -0.4 is 15.8 Å². The van der Waals surface area contributed by atoms with Crippen molar-refractivity contribution in [2.75, 3.05) is 6.61 Å². The first kappa shape index (κ1) is 18.8. The molecule has 10 nitrogen and oxygen atoms in total. The van der Waals surface area contributed by atoms with Crippen molar-refractivity contribution in [3.05, 3.63) is 50.7 Å². The first-order chi connectivity index (χ1) is 12.5. The zero-order chi connectivity index (χ0) is 18.7. The van der Waals surface area contributed by atoms with Crippen molar-refractivity contribution in [2.45, 2.75) is 38.4 Å². The first-order valence-electron chi connectivity index (χ1n) is 7.86. The number of aromatic nitrogens is 2. The average molecular weight is 386 g/mol. The van der Waals surface area contributed by atoms with Gasteiger partial charge in [-0.05, 0) is 6.92 Å². The smallest absolute Gasteiger partial charge is 0.330 e. The molecule has 0 spiro atoms. The fourth-order valence-electron chi connectivity index (χ4n) is 2.54. The molecule has 26 heavy (non-hydrogen) atoms. The van der Waals surface area contributed by atoms with Gasteiger partial charge >= 0.3 is 5.69 Å². The number of nitrogens with one attached hydrogen (secondary N) is 1. The summed E-state index contributed by atoms with van der Waals surface area (Å²) >= 11 is 0. The van der Waals surface area contributed by atoms with Gasteiger partial charge in [0, 0.05) is 24.2 Å². The number of ether oxygens (including phenoxy) is 1. The molecule has 0 aromatic carbocycles. The van der Waals surface area contributed by atoms with E-state index in [0.717, 1.165) is 11.5 Å². The predicted octanol–water partition coefficient (Wildman–Crippen LogP) is 0.183. The Bertz CT molecular complexity index is 839. The Morgan fingerprint density at radius 2 is 2.23 bits per heavy atom. The van der Waals surface area contributed by atoms with Gasteiger partial charge in [0.05, 0.1) is 19.0 Å². The normalized spacial score (nSPS) is 25.3. The molecule has 2 aromatic rings. The second kappa shape index (κ2) is 8.15. The van der Waals surface area contributed by atoms with E-state index in [1.807, 2.05) is 0 Å². The molecule has 0 aliphatic carbocycles. The van der Waals surface area contributed by atoms with E-state index < -0.39 is 29.7 Å². The highest BCUT2D eigenvalue weighted by atomic mass is 31.1. The van der Waals surface area contributed by atoms with Crippen LogP contribution in [-0.2, 0) is 15.9 Å². The van der Waals surface area contributed by atoms with Crippen LogP contribution in [0.1, 0.15) is 24.0 Å². The van der Waals surface area contributed by atoms with E-state index in [0.29, 0.717) is 12.2 Å². The van der Waals surface area contributed by atoms with Gasteiger partial charge in [-0.25, -0.2) is 4.79 Å². The lowest BCUT2D eigenvalue weighted by atomic mass is 10.2. The van der Waals surface area contributed by atoms with Gasteiger partial charge in [-0.1, -0.05) is 0 Å². The lowest BCUT2D eigenvalue weighted by Gasteiger charge is -2.14. The number of hydrogen-bond donors (Lipinski definition) is 3. The second-order valence-corrected chi connectivity index (χ2v) is 6.44. The highest BCUT2D eigenvalue weighted by Crippen LogP contribution is 2.33. The van der Waals surface area contributed by atoms with E-state index in [9.17, 15) is 14.7 Å². The van der Waals surface area contributed by atoms with Crippen molar-refractivity contribution in [1.82, 2.24) is 9.55 Å². The van der Waals surface area contributed by atoms with Crippen LogP contribution in [0.15, 0.2) is 32.5 Å². The molecule has 1 saturated heterocycles. The third kappa shape index (κ3) is 4.05. The largest absolute Gasteiger partial charge is 0.463 e. The Morgan fingerprint density at radius 1 is 1.42 bits per heavy atom. The number of aliphatic hydroxyl groups excluding tert-OH is 2. The summed E-state index contributed by atoms with van der Waals surface area (Å²) in [7, 11) is 0.126. The van der Waals surface area contributed by atoms with Gasteiger partial charge in [-0.3, -0.25) is 14.3 Å². The van der Waals surface area contributed by atoms with E-state index in [1.165, 1.54) is 10.8 Å². The molecule has 2 aromatic heterocycles. The standard InChI is InChI=1S/C10H14N2O5.C5H5O3P/c1-5-3-12(10(16)11-9(5)15)8-2-6(14)7(4-13)17-8;1-2-6-5-3-7-9-8-4(1)5/h3,6-8,13-14H,2,4H2,1H3,(H,11,15,16);1-2,9H,3H2/t6-,7+,8+;/m0./s1. The fraction of sp³-hybridized carbons (Fsp3) is 0.467. The maximum atomic E-state index is 11.6. The molecule has 0 saturated carbocycles. The van der Waals surface area contributed by atoms with E-state index in [2.05, 4.69) is 4.98 Å². The van der Waals surface area contributed by atoms with Gasteiger partial charge in [-0.2, -0.15) is 0 Å². The van der Waals surface area contributed by atoms with Gasteiger partial charge in [0.25, 0.3) is 5.56 Å². The molecule has 2 aliphatic rings. The number of H-pyrrole nitrogens is 1. The van der Waals surface area contributed by atoms with Gasteiger partial charge < -0.3 is 28.4 Å². The summed E-state index contributed by atoms with van der Waals surface area (Å²) < 4.78 is 21.6. The molecule has 1 unspecified atom stereocenters. The summed E-state index contributed by atoms with van der Waals surface area (Å²) in [6, 6.07) is 1.80. The molecule has 4 heterocycles. The Balaban J connectivity index is 0.000000181. The van der Waals surface area contributed by atoms with E-state index >= 15 is 0 Å². The number of aliphatic hydroxyl groups is 2. The summed E-state index contributed by atoms with van der Waals surface area (Å²) in [5.41, 5.74) is -0.643. The molecule has 11 heteroatoms. The molecule has 0 bridgehead atoms. The SMILES string of the molecule is Cc1cn([C@H]2C[C@H](O)[C@@H](CO)O2)c(=O)[nH]c1=O.c1cc2c(o1)COPO2. The van der Waals surface area contributed by atoms with Crippen molar-refractivity contribution in [2.24, 2.45) is 0 Å². The second-order valence-electron chi connectivity index (χ2n) is 5.78. The maximum absolute atomic E-state index is 11.6. The minimum Gasteiger partial charge on any atom is -0.463 e. The van der Waals surface area contributed by atoms with Crippen LogP contribution in [-0.4, -0.2) is 38.6 Å². The van der Waals surface area contributed by atoms with Crippen LogP contribution in [0.3, 0.4) is 0 Å². The number of rotatable bonds is 2. The quantitative estimate of drug-likeness (QED) is 0.622. The Kier molecular flexibility index (Phi) is 5.90. The van der Waals surface area contributed by atoms with Crippen LogP contribution in [0.2, 0.25) is 0 Å². The van der Waals surface area contributed by atoms with Gasteiger partial charge in [0.1, 0.15) is 18.9 Å². The molecule has 0 radical (unpaired) electrons. The van der Waals surface area contributed by atoms with Gasteiger partial charge in [0.15, 0.2) is 11.5 Å². The van der Waals surface area contributed by atoms with Crippen LogP contribution >= 0.6 is 9.03 Å². The summed E-state index contributed by atoms with van der Waals surface area (Å²) in [5.74, 6) is 1.60. The molecule has 4 atom stereocenters. The Labute approximate surface area is 149 Å². The summed E-state index contributed by atoms with van der Waals surface area (Å²) in [6.45, 7) is 1.80. The Morgan fingerprint density at radius 3 is 2.92 bits per heavy atom. The summed E-state index contributed by atoms with van der Waals surface area (Å²) in [5, 5.41) is 18.5.